The van der Waals surface area contributed by atoms with E-state index in [1.165, 1.54) is 31.5 Å². The number of nitrogens with zero attached hydrogens (tertiary/aromatic N) is 1. The Morgan fingerprint density at radius 3 is 2.79 bits per heavy atom. The van der Waals surface area contributed by atoms with Crippen LogP contribution >= 0.6 is 0 Å². The second kappa shape index (κ2) is 6.89. The zero-order valence-electron chi connectivity index (χ0n) is 14.0. The highest BCUT2D eigenvalue weighted by Gasteiger charge is 2.56. The molecule has 3 rings (SSSR count). The van der Waals surface area contributed by atoms with E-state index in [0.29, 0.717) is 12.2 Å². The van der Waals surface area contributed by atoms with Gasteiger partial charge in [-0.2, -0.15) is 0 Å². The monoisotopic (exact) mass is 332 g/mol. The van der Waals surface area contributed by atoms with Crippen LogP contribution < -0.4 is 5.32 Å². The van der Waals surface area contributed by atoms with Crippen molar-refractivity contribution in [2.45, 2.75) is 57.6 Å². The molecule has 2 N–H and O–H groups in total. The summed E-state index contributed by atoms with van der Waals surface area (Å²) in [4.78, 5) is 27.3. The molecule has 0 bridgehead atoms. The van der Waals surface area contributed by atoms with Crippen LogP contribution in [0.4, 0.5) is 0 Å². The van der Waals surface area contributed by atoms with E-state index in [-0.39, 0.29) is 29.2 Å². The quantitative estimate of drug-likeness (QED) is 0.865. The minimum absolute atomic E-state index is 0.0482. The zero-order valence-corrected chi connectivity index (χ0v) is 14.0. The molecule has 2 unspecified atom stereocenters. The summed E-state index contributed by atoms with van der Waals surface area (Å²) in [5.74, 6) is -1.36. The van der Waals surface area contributed by atoms with Gasteiger partial charge in [0.1, 0.15) is 5.69 Å². The Kier molecular flexibility index (Phi) is 4.85. The van der Waals surface area contributed by atoms with Crippen molar-refractivity contribution in [3.05, 3.63) is 29.6 Å². The number of aromatic nitrogens is 1. The van der Waals surface area contributed by atoms with Gasteiger partial charge in [0.05, 0.1) is 6.10 Å². The number of carbonyl (C=O) groups excluding carboxylic acids is 1. The van der Waals surface area contributed by atoms with E-state index in [0.717, 1.165) is 19.3 Å². The summed E-state index contributed by atoms with van der Waals surface area (Å²) in [6, 6.07) is 2.97. The maximum atomic E-state index is 12.5. The molecule has 24 heavy (non-hydrogen) atoms. The first-order valence-electron chi connectivity index (χ1n) is 8.68. The number of carbonyl (C=O) groups is 2. The molecule has 2 aliphatic rings. The van der Waals surface area contributed by atoms with E-state index in [1.807, 2.05) is 6.92 Å². The number of amides is 1. The minimum atomic E-state index is -1.13. The second-order valence-electron chi connectivity index (χ2n) is 6.73. The minimum Gasteiger partial charge on any atom is -0.477 e. The fraction of sp³-hybridized carbons (Fsp3) is 0.611. The van der Waals surface area contributed by atoms with Crippen molar-refractivity contribution in [2.75, 3.05) is 6.61 Å². The average molecular weight is 332 g/mol. The molecule has 0 saturated heterocycles. The molecule has 0 radical (unpaired) electrons. The number of rotatable bonds is 5. The second-order valence-corrected chi connectivity index (χ2v) is 6.73. The van der Waals surface area contributed by atoms with Crippen LogP contribution in [0.5, 0.6) is 0 Å². The molecule has 0 aromatic carbocycles. The average Bonchev–Trinajstić information content (AvgIpc) is 2.61. The Labute approximate surface area is 141 Å². The Morgan fingerprint density at radius 2 is 2.12 bits per heavy atom. The normalized spacial score (nSPS) is 25.0. The first-order valence-corrected chi connectivity index (χ1v) is 8.68. The van der Waals surface area contributed by atoms with Gasteiger partial charge in [-0.3, -0.25) is 4.79 Å². The fourth-order valence-electron chi connectivity index (χ4n) is 4.20. The lowest BCUT2D eigenvalue weighted by Crippen LogP contribution is -2.65. The standard InChI is InChI=1S/C18H24N2O4/c1-2-24-15-11-14(18(15)7-4-3-5-8-18)20-16(21)12-6-9-19-13(10-12)17(22)23/h6,9-10,14-15H,2-5,7-8,11H2,1H3,(H,20,21)(H,22,23). The van der Waals surface area contributed by atoms with E-state index in [2.05, 4.69) is 10.3 Å². The van der Waals surface area contributed by atoms with E-state index in [1.54, 1.807) is 6.07 Å². The van der Waals surface area contributed by atoms with E-state index >= 15 is 0 Å². The highest BCUT2D eigenvalue weighted by molar-refractivity contribution is 5.96. The van der Waals surface area contributed by atoms with Crippen molar-refractivity contribution in [1.29, 1.82) is 0 Å². The van der Waals surface area contributed by atoms with Crippen LogP contribution in [0.2, 0.25) is 0 Å². The summed E-state index contributed by atoms with van der Waals surface area (Å²) < 4.78 is 5.90. The van der Waals surface area contributed by atoms with Crippen molar-refractivity contribution in [2.24, 2.45) is 5.41 Å². The lowest BCUT2D eigenvalue weighted by molar-refractivity contribution is -0.146. The number of aromatic carboxylic acids is 1. The Hall–Kier alpha value is -1.95. The van der Waals surface area contributed by atoms with Gasteiger partial charge in [-0.05, 0) is 38.3 Å². The van der Waals surface area contributed by atoms with Gasteiger partial charge in [0.2, 0.25) is 0 Å². The predicted molar refractivity (Wildman–Crippen MR) is 88.0 cm³/mol. The Morgan fingerprint density at radius 1 is 1.38 bits per heavy atom. The largest absolute Gasteiger partial charge is 0.477 e. The van der Waals surface area contributed by atoms with Gasteiger partial charge in [0.15, 0.2) is 0 Å². The highest BCUT2D eigenvalue weighted by Crippen LogP contribution is 2.53. The van der Waals surface area contributed by atoms with Crippen LogP contribution in [0.25, 0.3) is 0 Å². The van der Waals surface area contributed by atoms with Crippen molar-refractivity contribution < 1.29 is 19.4 Å². The first kappa shape index (κ1) is 16.9. The molecule has 2 fully saturated rings. The van der Waals surface area contributed by atoms with Crippen LogP contribution in [0.3, 0.4) is 0 Å². The molecule has 2 atom stereocenters. The molecule has 1 aromatic rings. The molecular weight excluding hydrogens is 308 g/mol. The summed E-state index contributed by atoms with van der Waals surface area (Å²) in [6.45, 7) is 2.70. The summed E-state index contributed by atoms with van der Waals surface area (Å²) in [7, 11) is 0. The van der Waals surface area contributed by atoms with Crippen LogP contribution in [0.15, 0.2) is 18.3 Å². The van der Waals surface area contributed by atoms with Crippen LogP contribution in [-0.4, -0.2) is 40.7 Å². The third kappa shape index (κ3) is 3.02. The van der Waals surface area contributed by atoms with Gasteiger partial charge in [0, 0.05) is 29.8 Å². The SMILES string of the molecule is CCOC1CC(NC(=O)c2ccnc(C(=O)O)c2)C12CCCCC2. The zero-order chi connectivity index (χ0) is 17.2. The third-order valence-corrected chi connectivity index (χ3v) is 5.48. The lowest BCUT2D eigenvalue weighted by atomic mass is 9.55. The predicted octanol–water partition coefficient (Wildman–Crippen LogP) is 2.64. The van der Waals surface area contributed by atoms with Crippen LogP contribution in [0, 0.1) is 5.41 Å². The van der Waals surface area contributed by atoms with Crippen LogP contribution in [0.1, 0.15) is 66.3 Å². The number of nitrogens with one attached hydrogen (secondary N) is 1. The molecule has 1 amide bonds. The van der Waals surface area contributed by atoms with Gasteiger partial charge in [-0.15, -0.1) is 0 Å². The Bertz CT molecular complexity index is 625. The van der Waals surface area contributed by atoms with E-state index in [4.69, 9.17) is 9.84 Å². The molecule has 6 nitrogen and oxygen atoms in total. The van der Waals surface area contributed by atoms with Gasteiger partial charge in [0.25, 0.3) is 5.91 Å². The molecule has 1 spiro atoms. The summed E-state index contributed by atoms with van der Waals surface area (Å²) >= 11 is 0. The Balaban J connectivity index is 1.72. The van der Waals surface area contributed by atoms with Crippen molar-refractivity contribution in [1.82, 2.24) is 10.3 Å². The number of ether oxygens (including phenoxy) is 1. The molecule has 0 aliphatic heterocycles. The summed E-state index contributed by atoms with van der Waals surface area (Å²) in [5.41, 5.74) is 0.274. The molecular formula is C18H24N2O4. The number of carboxylic acid groups (broad SMARTS) is 1. The van der Waals surface area contributed by atoms with Gasteiger partial charge in [-0.25, -0.2) is 9.78 Å². The first-order chi connectivity index (χ1) is 11.6. The molecule has 130 valence electrons. The van der Waals surface area contributed by atoms with Gasteiger partial charge < -0.3 is 15.2 Å². The maximum absolute atomic E-state index is 12.5. The van der Waals surface area contributed by atoms with Gasteiger partial charge in [-0.1, -0.05) is 19.3 Å². The van der Waals surface area contributed by atoms with E-state index < -0.39 is 5.97 Å². The molecule has 6 heteroatoms. The highest BCUT2D eigenvalue weighted by atomic mass is 16.5. The van der Waals surface area contributed by atoms with Crippen LogP contribution in [-0.2, 0) is 4.74 Å². The molecule has 1 heterocycles. The van der Waals surface area contributed by atoms with Gasteiger partial charge >= 0.3 is 5.97 Å². The smallest absolute Gasteiger partial charge is 0.354 e. The number of carboxylic acids is 1. The summed E-state index contributed by atoms with van der Waals surface area (Å²) in [6.07, 6.45) is 8.17. The van der Waals surface area contributed by atoms with E-state index in [9.17, 15) is 9.59 Å². The number of hydrogen-bond acceptors (Lipinski definition) is 4. The molecule has 1 aromatic heterocycles. The topological polar surface area (TPSA) is 88.5 Å². The van der Waals surface area contributed by atoms with Crippen molar-refractivity contribution >= 4 is 11.9 Å². The third-order valence-electron chi connectivity index (χ3n) is 5.48. The van der Waals surface area contributed by atoms with Crippen molar-refractivity contribution in [3.8, 4) is 0 Å². The molecule has 2 aliphatic carbocycles. The van der Waals surface area contributed by atoms with Crippen molar-refractivity contribution in [3.63, 3.8) is 0 Å². The number of pyridine rings is 1. The maximum Gasteiger partial charge on any atom is 0.354 e. The number of hydrogen-bond donors (Lipinski definition) is 2. The molecule has 2 saturated carbocycles. The fourth-order valence-corrected chi connectivity index (χ4v) is 4.20. The lowest BCUT2D eigenvalue weighted by Gasteiger charge is -2.57. The summed E-state index contributed by atoms with van der Waals surface area (Å²) in [5, 5.41) is 12.1.